The fourth-order valence-corrected chi connectivity index (χ4v) is 25.3. The fourth-order valence-electron chi connectivity index (χ4n) is 17.1. The molecule has 0 saturated carbocycles. The van der Waals surface area contributed by atoms with Gasteiger partial charge in [0.25, 0.3) is 0 Å². The third-order valence-electron chi connectivity index (χ3n) is 21.0. The average Bonchev–Trinajstić information content (AvgIpc) is 0.695. The van der Waals surface area contributed by atoms with E-state index in [9.17, 15) is 52.7 Å². The van der Waals surface area contributed by atoms with Crippen LogP contribution in [0.25, 0.3) is 0 Å². The van der Waals surface area contributed by atoms with E-state index in [-0.39, 0.29) is 35.7 Å². The molecule has 8 radical (unpaired) electrons. The molecule has 28 heteroatoms. The number of benzene rings is 12. The quantitative estimate of drug-likeness (QED) is 0.0335. The highest BCUT2D eigenvalue weighted by molar-refractivity contribution is 8.14. The molecule has 0 aliphatic heterocycles. The molecule has 14 rings (SSSR count). The number of hydrogen-bond acceptors (Lipinski definition) is 0. The van der Waals surface area contributed by atoms with Crippen molar-refractivity contribution < 1.29 is 87.8 Å². The third kappa shape index (κ3) is 12.5. The maximum Gasteiger partial charge on any atom is 0.383 e. The number of fused-ring (bicyclic) bond motifs is 4. The molecule has 112 heavy (non-hydrogen) atoms. The summed E-state index contributed by atoms with van der Waals surface area (Å²) in [7, 11) is 9.91. The molecule has 0 spiro atoms. The highest BCUT2D eigenvalue weighted by atomic mass is 31.2. The summed E-state index contributed by atoms with van der Waals surface area (Å²) in [5.41, 5.74) is 4.09. The predicted octanol–water partition coefficient (Wildman–Crippen LogP) is 14.7. The van der Waals surface area contributed by atoms with E-state index in [1.165, 1.54) is 24.3 Å². The van der Waals surface area contributed by atoms with Gasteiger partial charge in [-0.25, -0.2) is 98.7 Å². The van der Waals surface area contributed by atoms with Gasteiger partial charge in [-0.3, -0.25) is 0 Å². The smallest absolute Gasteiger partial charge is 0.308 e. The van der Waals surface area contributed by atoms with Crippen molar-refractivity contribution in [2.75, 3.05) is 0 Å². The van der Waals surface area contributed by atoms with Crippen molar-refractivity contribution in [1.29, 1.82) is 0 Å². The Labute approximate surface area is 635 Å². The number of halogens is 20. The second kappa shape index (κ2) is 29.5. The molecule has 0 nitrogen and oxygen atoms in total. The normalized spacial score (nSPS) is 12.1. The maximum absolute atomic E-state index is 15.8. The minimum atomic E-state index is -3.24. The van der Waals surface area contributed by atoms with Crippen LogP contribution in [-0.2, 0) is 0 Å². The lowest BCUT2D eigenvalue weighted by molar-refractivity contribution is 0.383. The highest BCUT2D eigenvalue weighted by Crippen LogP contribution is 2.56. The van der Waals surface area contributed by atoms with Crippen molar-refractivity contribution in [2.45, 2.75) is 83.1 Å². The summed E-state index contributed by atoms with van der Waals surface area (Å²) in [6, 6.07) is 35.1. The standard InChI is InChI=1S/2C42H28B3F10P/c2*1-17-13-19(3)41(20(4)14-17)56(43,42-21(5)15-18(2)16-22(42)6)26-12-8-10-24-23-9-7-11-25(27(23)28(24)26)45(30-33(48)37(52)40(55)38(53)34(30)49)44-29-31(46)35(50)39(54)36(51)32(29)47/h2*7-16H,1-6H3. The van der Waals surface area contributed by atoms with Crippen molar-refractivity contribution in [1.82, 2.24) is 0 Å². The SMILES string of the molecule is [B][P+](c1c(C)cc(C)cc1C)(c1c(C)cc(C)cc1C)c1cccc2c1=c1c(B([B-]c3c(F)c(F)c(F)c(F)c3F)c3c(F)c(F)c(F)c(F)c3F)cccc1=2.[B][P+](c1c(C)cc(C)cc1C)(c1c(C)cc(C)cc1C)c1cccc2c1=c1c([B-]([B]c3c(F)c(F)c(F)c(F)c3F)c3c(F)c(F)c(F)c(F)c3F)cccc1=2. The molecule has 0 bridgehead atoms. The van der Waals surface area contributed by atoms with E-state index >= 15 is 35.1 Å². The summed E-state index contributed by atoms with van der Waals surface area (Å²) in [6.07, 6.45) is 0. The van der Waals surface area contributed by atoms with Crippen LogP contribution in [0.5, 0.6) is 0 Å². The van der Waals surface area contributed by atoms with Crippen LogP contribution < -0.4 is 64.6 Å². The van der Waals surface area contributed by atoms with Gasteiger partial charge in [0.05, 0.1) is 46.1 Å². The molecule has 0 unspecified atom stereocenters. The summed E-state index contributed by atoms with van der Waals surface area (Å²) in [5.74, 6) is -47.8. The van der Waals surface area contributed by atoms with E-state index in [4.69, 9.17) is 15.1 Å². The van der Waals surface area contributed by atoms with Crippen LogP contribution in [0.4, 0.5) is 87.8 Å². The van der Waals surface area contributed by atoms with Gasteiger partial charge in [0, 0.05) is 10.4 Å². The molecular formula is C84H56B6F20P2. The zero-order chi connectivity index (χ0) is 81.7. The fraction of sp³-hybridized carbons (Fsp3) is 0.143. The van der Waals surface area contributed by atoms with Crippen LogP contribution >= 0.6 is 14.3 Å². The van der Waals surface area contributed by atoms with Gasteiger partial charge >= 0.3 is 15.1 Å². The lowest BCUT2D eigenvalue weighted by Crippen LogP contribution is -2.57. The zero-order valence-corrected chi connectivity index (χ0v) is 63.3. The molecule has 0 fully saturated rings. The van der Waals surface area contributed by atoms with Gasteiger partial charge in [-0.15, -0.1) is 11.5 Å². The minimum Gasteiger partial charge on any atom is -0.308 e. The molecule has 12 aromatic carbocycles. The molecule has 0 amide bonds. The average molecular weight is 1570 g/mol. The lowest BCUT2D eigenvalue weighted by Gasteiger charge is -2.34. The largest absolute Gasteiger partial charge is 0.383 e. The Morgan fingerprint density at radius 3 is 0.920 bits per heavy atom. The molecule has 560 valence electrons. The van der Waals surface area contributed by atoms with Gasteiger partial charge in [-0.2, -0.15) is 5.46 Å². The second-order valence-electron chi connectivity index (χ2n) is 28.6. The molecule has 12 aromatic rings. The second-order valence-corrected chi connectivity index (χ2v) is 34.2. The van der Waals surface area contributed by atoms with Gasteiger partial charge in [0.15, 0.2) is 93.1 Å². The Balaban J connectivity index is 0.000000196. The number of rotatable bonds is 14. The van der Waals surface area contributed by atoms with Crippen LogP contribution in [0.2, 0.25) is 0 Å². The Hall–Kier alpha value is -9.51. The van der Waals surface area contributed by atoms with E-state index < -0.39 is 166 Å². The van der Waals surface area contributed by atoms with Gasteiger partial charge in [-0.1, -0.05) is 145 Å². The van der Waals surface area contributed by atoms with E-state index in [1.54, 1.807) is 48.5 Å². The van der Waals surface area contributed by atoms with Crippen molar-refractivity contribution in [2.24, 2.45) is 0 Å². The van der Waals surface area contributed by atoms with Gasteiger partial charge in [0.2, 0.25) is 0 Å². The Morgan fingerprint density at radius 2 is 0.571 bits per heavy atom. The molecule has 0 N–H and O–H groups in total. The summed E-state index contributed by atoms with van der Waals surface area (Å²) >= 11 is 0. The molecule has 0 heterocycles. The first-order chi connectivity index (χ1) is 52.6. The van der Waals surface area contributed by atoms with Crippen molar-refractivity contribution in [3.8, 4) is 0 Å². The van der Waals surface area contributed by atoms with Crippen LogP contribution in [0.3, 0.4) is 0 Å². The van der Waals surface area contributed by atoms with E-state index in [0.717, 1.165) is 88.0 Å². The van der Waals surface area contributed by atoms with Crippen LogP contribution in [-0.4, -0.2) is 42.7 Å². The first-order valence-electron chi connectivity index (χ1n) is 34.6. The van der Waals surface area contributed by atoms with Crippen molar-refractivity contribution >= 4 is 122 Å². The van der Waals surface area contributed by atoms with E-state index in [0.29, 0.717) is 41.9 Å². The Kier molecular flexibility index (Phi) is 21.2. The van der Waals surface area contributed by atoms with Gasteiger partial charge in [-0.05, 0) is 183 Å². The predicted molar refractivity (Wildman–Crippen MR) is 408 cm³/mol. The van der Waals surface area contributed by atoms with Crippen LogP contribution in [0, 0.1) is 241 Å². The first kappa shape index (κ1) is 80.5. The zero-order valence-electron chi connectivity index (χ0n) is 61.5. The minimum absolute atomic E-state index is 0.187. The van der Waals surface area contributed by atoms with Gasteiger partial charge < -0.3 is 7.17 Å². The van der Waals surface area contributed by atoms with Crippen LogP contribution in [0.15, 0.2) is 121 Å². The summed E-state index contributed by atoms with van der Waals surface area (Å²) < 4.78 is 299. The topological polar surface area (TPSA) is 0 Å². The highest BCUT2D eigenvalue weighted by Gasteiger charge is 2.49. The molecule has 0 atom stereocenters. The van der Waals surface area contributed by atoms with Crippen molar-refractivity contribution in [3.63, 3.8) is 0 Å². The van der Waals surface area contributed by atoms with E-state index in [1.807, 2.05) is 132 Å². The van der Waals surface area contributed by atoms with Crippen molar-refractivity contribution in [3.05, 3.63) is 346 Å². The molecule has 2 aliphatic rings. The molecular weight excluding hydrogens is 1520 g/mol. The number of hydrogen-bond donors (Lipinski definition) is 0. The van der Waals surface area contributed by atoms with Gasteiger partial charge in [0.1, 0.15) is 23.3 Å². The summed E-state index contributed by atoms with van der Waals surface area (Å²) in [6.45, 7) is 18.7. The maximum atomic E-state index is 15.8. The summed E-state index contributed by atoms with van der Waals surface area (Å²) in [5, 5.41) is 7.81. The van der Waals surface area contributed by atoms with Crippen LogP contribution in [0.1, 0.15) is 66.8 Å². The lowest BCUT2D eigenvalue weighted by atomic mass is 9.15. The molecule has 2 aliphatic carbocycles. The Morgan fingerprint density at radius 1 is 0.304 bits per heavy atom. The monoisotopic (exact) mass is 1570 g/mol. The van der Waals surface area contributed by atoms with E-state index in [2.05, 4.69) is 0 Å². The Bertz CT molecular complexity index is 5870. The third-order valence-corrected chi connectivity index (χ3v) is 28.9. The molecule has 0 saturated heterocycles. The summed E-state index contributed by atoms with van der Waals surface area (Å²) in [4.78, 5) is 0. The molecule has 0 aromatic heterocycles. The number of aryl methyl sites for hydroxylation is 12. The first-order valence-corrected chi connectivity index (χ1v) is 38.3.